The van der Waals surface area contributed by atoms with Crippen molar-refractivity contribution in [2.75, 3.05) is 5.32 Å². The summed E-state index contributed by atoms with van der Waals surface area (Å²) in [6.07, 6.45) is -5.51. The van der Waals surface area contributed by atoms with Crippen LogP contribution < -0.4 is 15.8 Å². The monoisotopic (exact) mass is 491 g/mol. The van der Waals surface area contributed by atoms with Gasteiger partial charge in [0.2, 0.25) is 9.84 Å². The molecular formula is C18H16F3N3O6S2. The number of ether oxygens (including phenoxy) is 1. The van der Waals surface area contributed by atoms with Crippen LogP contribution in [-0.4, -0.2) is 37.3 Å². The normalized spacial score (nSPS) is 12.2. The molecule has 2 aromatic rings. The van der Waals surface area contributed by atoms with Gasteiger partial charge in [-0.2, -0.15) is 5.26 Å². The van der Waals surface area contributed by atoms with Gasteiger partial charge in [-0.3, -0.25) is 9.59 Å². The molecule has 1 heterocycles. The molecule has 0 atom stereocenters. The highest BCUT2D eigenvalue weighted by molar-refractivity contribution is 7.93. The SMILES string of the molecule is CC(C)(O)C(=O)Nc1sc(S(=O)(=O)c2cc(CC#N)cc(OC(F)(F)F)c2)cc1C(N)=O. The molecule has 0 spiro atoms. The van der Waals surface area contributed by atoms with Gasteiger partial charge in [-0.25, -0.2) is 8.42 Å². The fourth-order valence-corrected chi connectivity index (χ4v) is 5.17. The molecule has 0 unspecified atom stereocenters. The summed E-state index contributed by atoms with van der Waals surface area (Å²) in [5.74, 6) is -2.90. The maximum Gasteiger partial charge on any atom is 0.573 e. The minimum absolute atomic E-state index is 0.0601. The van der Waals surface area contributed by atoms with E-state index in [0.29, 0.717) is 17.4 Å². The summed E-state index contributed by atoms with van der Waals surface area (Å²) in [4.78, 5) is 23.1. The molecule has 0 aliphatic heterocycles. The zero-order valence-electron chi connectivity index (χ0n) is 16.5. The summed E-state index contributed by atoms with van der Waals surface area (Å²) in [6, 6.07) is 5.01. The van der Waals surface area contributed by atoms with Gasteiger partial charge in [-0.1, -0.05) is 0 Å². The lowest BCUT2D eigenvalue weighted by Gasteiger charge is -2.16. The number of nitriles is 1. The number of hydrogen-bond donors (Lipinski definition) is 3. The highest BCUT2D eigenvalue weighted by Gasteiger charge is 2.33. The van der Waals surface area contributed by atoms with Crippen LogP contribution in [0.2, 0.25) is 0 Å². The minimum Gasteiger partial charge on any atom is -0.406 e. The second-order valence-corrected chi connectivity index (χ2v) is 10.1. The van der Waals surface area contributed by atoms with Crippen LogP contribution in [0, 0.1) is 11.3 Å². The van der Waals surface area contributed by atoms with Gasteiger partial charge in [0.05, 0.1) is 22.9 Å². The van der Waals surface area contributed by atoms with Gasteiger partial charge in [0.15, 0.2) is 0 Å². The number of hydrogen-bond acceptors (Lipinski definition) is 8. The van der Waals surface area contributed by atoms with Crippen molar-refractivity contribution in [2.45, 2.75) is 41.3 Å². The number of benzene rings is 1. The lowest BCUT2D eigenvalue weighted by molar-refractivity contribution is -0.274. The first kappa shape index (κ1) is 25.1. The van der Waals surface area contributed by atoms with Crippen molar-refractivity contribution in [3.8, 4) is 11.8 Å². The van der Waals surface area contributed by atoms with Gasteiger partial charge in [-0.15, -0.1) is 24.5 Å². The van der Waals surface area contributed by atoms with E-state index in [1.165, 1.54) is 0 Å². The summed E-state index contributed by atoms with van der Waals surface area (Å²) in [5.41, 5.74) is 2.92. The van der Waals surface area contributed by atoms with E-state index in [4.69, 9.17) is 11.0 Å². The summed E-state index contributed by atoms with van der Waals surface area (Å²) < 4.78 is 67.3. The number of rotatable bonds is 7. The number of carbonyl (C=O) groups is 2. The zero-order chi connectivity index (χ0) is 24.5. The summed E-state index contributed by atoms with van der Waals surface area (Å²) in [5, 5.41) is 20.5. The number of aliphatic hydroxyl groups is 1. The third-order valence-corrected chi connectivity index (χ3v) is 7.05. The summed E-state index contributed by atoms with van der Waals surface area (Å²) in [6.45, 7) is 2.31. The van der Waals surface area contributed by atoms with Crippen LogP contribution in [0.3, 0.4) is 0 Å². The number of amides is 2. The molecule has 172 valence electrons. The molecular weight excluding hydrogens is 475 g/mol. The Morgan fingerprint density at radius 2 is 1.88 bits per heavy atom. The Labute approximate surface area is 184 Å². The molecule has 32 heavy (non-hydrogen) atoms. The average molecular weight is 491 g/mol. The van der Waals surface area contributed by atoms with Crippen molar-refractivity contribution < 1.29 is 41.0 Å². The molecule has 0 bridgehead atoms. The van der Waals surface area contributed by atoms with E-state index in [0.717, 1.165) is 32.0 Å². The molecule has 1 aromatic carbocycles. The van der Waals surface area contributed by atoms with Gasteiger partial charge in [0.1, 0.15) is 20.6 Å². The third kappa shape index (κ3) is 5.96. The summed E-state index contributed by atoms with van der Waals surface area (Å²) >= 11 is 0.412. The fraction of sp³-hybridized carbons (Fsp3) is 0.278. The molecule has 0 aliphatic carbocycles. The Balaban J connectivity index is 2.60. The van der Waals surface area contributed by atoms with Gasteiger partial charge < -0.3 is 20.9 Å². The molecule has 2 rings (SSSR count). The van der Waals surface area contributed by atoms with E-state index in [-0.39, 0.29) is 16.1 Å². The number of sulfone groups is 1. The molecule has 0 aliphatic rings. The number of halogens is 3. The highest BCUT2D eigenvalue weighted by Crippen LogP contribution is 2.37. The van der Waals surface area contributed by atoms with Crippen LogP contribution in [0.1, 0.15) is 29.8 Å². The molecule has 1 aromatic heterocycles. The quantitative estimate of drug-likeness (QED) is 0.536. The molecule has 14 heteroatoms. The van der Waals surface area contributed by atoms with Gasteiger partial charge in [0, 0.05) is 0 Å². The standard InChI is InChI=1S/C18H16F3N3O6S2/c1-17(2,27)16(26)24-15-12(14(23)25)8-13(31-15)32(28,29)11-6-9(3-4-22)5-10(7-11)30-18(19,20)21/h5-8,27H,3H2,1-2H3,(H2,23,25)(H,24,26). The molecule has 9 nitrogen and oxygen atoms in total. The first-order chi connectivity index (χ1) is 14.5. The van der Waals surface area contributed by atoms with E-state index in [1.807, 2.05) is 0 Å². The van der Waals surface area contributed by atoms with Crippen molar-refractivity contribution >= 4 is 38.0 Å². The van der Waals surface area contributed by atoms with Crippen molar-refractivity contribution in [1.82, 2.24) is 0 Å². The van der Waals surface area contributed by atoms with Crippen LogP contribution >= 0.6 is 11.3 Å². The van der Waals surface area contributed by atoms with Gasteiger partial charge in [0.25, 0.3) is 11.8 Å². The Morgan fingerprint density at radius 1 is 1.25 bits per heavy atom. The fourth-order valence-electron chi connectivity index (χ4n) is 2.32. The largest absolute Gasteiger partial charge is 0.573 e. The van der Waals surface area contributed by atoms with Crippen molar-refractivity contribution in [1.29, 1.82) is 5.26 Å². The molecule has 2 amide bonds. The number of carbonyl (C=O) groups excluding carboxylic acids is 2. The predicted molar refractivity (Wildman–Crippen MR) is 106 cm³/mol. The second kappa shape index (κ2) is 8.77. The smallest absolute Gasteiger partial charge is 0.406 e. The number of anilines is 1. The van der Waals surface area contributed by atoms with Crippen LogP contribution in [0.5, 0.6) is 5.75 Å². The number of nitrogens with one attached hydrogen (secondary N) is 1. The highest BCUT2D eigenvalue weighted by atomic mass is 32.2. The van der Waals surface area contributed by atoms with Crippen molar-refractivity contribution in [2.24, 2.45) is 5.73 Å². The van der Waals surface area contributed by atoms with Crippen LogP contribution in [0.4, 0.5) is 18.2 Å². The Hall–Kier alpha value is -3.15. The third-order valence-electron chi connectivity index (χ3n) is 3.79. The van der Waals surface area contributed by atoms with E-state index in [9.17, 15) is 36.3 Å². The van der Waals surface area contributed by atoms with Gasteiger partial charge >= 0.3 is 6.36 Å². The Morgan fingerprint density at radius 3 is 2.38 bits per heavy atom. The number of nitrogens with two attached hydrogens (primary N) is 1. The molecule has 4 N–H and O–H groups in total. The topological polar surface area (TPSA) is 160 Å². The van der Waals surface area contributed by atoms with Crippen LogP contribution in [0.15, 0.2) is 33.4 Å². The number of thiophene rings is 1. The van der Waals surface area contributed by atoms with E-state index >= 15 is 0 Å². The van der Waals surface area contributed by atoms with Crippen LogP contribution in [0.25, 0.3) is 0 Å². The molecule has 0 saturated carbocycles. The number of nitrogens with zero attached hydrogens (tertiary/aromatic N) is 1. The van der Waals surface area contributed by atoms with Gasteiger partial charge in [-0.05, 0) is 43.7 Å². The zero-order valence-corrected chi connectivity index (χ0v) is 18.1. The lowest BCUT2D eigenvalue weighted by atomic mass is 10.1. The predicted octanol–water partition coefficient (Wildman–Crippen LogP) is 2.35. The van der Waals surface area contributed by atoms with Crippen LogP contribution in [-0.2, 0) is 21.1 Å². The number of primary amides is 1. The average Bonchev–Trinajstić information content (AvgIpc) is 3.04. The molecule has 0 radical (unpaired) electrons. The molecule has 0 saturated heterocycles. The lowest BCUT2D eigenvalue weighted by Crippen LogP contribution is -2.36. The number of alkyl halides is 3. The van der Waals surface area contributed by atoms with E-state index < -0.39 is 54.9 Å². The Bertz CT molecular complexity index is 1210. The van der Waals surface area contributed by atoms with Crippen molar-refractivity contribution in [3.63, 3.8) is 0 Å². The maximum absolute atomic E-state index is 13.1. The van der Waals surface area contributed by atoms with Crippen molar-refractivity contribution in [3.05, 3.63) is 35.4 Å². The molecule has 0 fully saturated rings. The van der Waals surface area contributed by atoms with E-state index in [2.05, 4.69) is 10.1 Å². The summed E-state index contributed by atoms with van der Waals surface area (Å²) in [7, 11) is -4.52. The second-order valence-electron chi connectivity index (χ2n) is 6.88. The Kier molecular flexibility index (Phi) is 6.88. The van der Waals surface area contributed by atoms with E-state index in [1.54, 1.807) is 6.07 Å². The first-order valence-corrected chi connectivity index (χ1v) is 10.8. The minimum atomic E-state index is -5.11. The maximum atomic E-state index is 13.1. The first-order valence-electron chi connectivity index (χ1n) is 8.54.